The summed E-state index contributed by atoms with van der Waals surface area (Å²) in [5.74, 6) is 0.623. The van der Waals surface area contributed by atoms with Gasteiger partial charge in [0.15, 0.2) is 0 Å². The molecule has 1 saturated heterocycles. The lowest BCUT2D eigenvalue weighted by molar-refractivity contribution is -0.132. The average molecular weight is 228 g/mol. The minimum absolute atomic E-state index is 0.184. The first-order valence-electron chi connectivity index (χ1n) is 6.15. The van der Waals surface area contributed by atoms with Crippen molar-refractivity contribution in [3.8, 4) is 0 Å². The number of carbonyl (C=O) groups excluding carboxylic acids is 1. The van der Waals surface area contributed by atoms with Crippen molar-refractivity contribution in [3.63, 3.8) is 0 Å². The van der Waals surface area contributed by atoms with Gasteiger partial charge in [0.2, 0.25) is 5.91 Å². The molecular weight excluding hydrogens is 204 g/mol. The van der Waals surface area contributed by atoms with Crippen molar-refractivity contribution in [1.29, 1.82) is 0 Å². The Morgan fingerprint density at radius 1 is 1.56 bits per heavy atom. The molecule has 0 saturated carbocycles. The van der Waals surface area contributed by atoms with E-state index in [9.17, 15) is 4.79 Å². The van der Waals surface area contributed by atoms with Crippen LogP contribution >= 0.6 is 0 Å². The van der Waals surface area contributed by atoms with Crippen LogP contribution in [0.25, 0.3) is 0 Å². The predicted molar refractivity (Wildman–Crippen MR) is 64.0 cm³/mol. The van der Waals surface area contributed by atoms with Gasteiger partial charge >= 0.3 is 0 Å². The molecule has 1 aliphatic heterocycles. The van der Waals surface area contributed by atoms with E-state index in [-0.39, 0.29) is 18.1 Å². The summed E-state index contributed by atoms with van der Waals surface area (Å²) in [6, 6.07) is 0.184. The van der Waals surface area contributed by atoms with Crippen molar-refractivity contribution < 1.29 is 9.53 Å². The zero-order valence-corrected chi connectivity index (χ0v) is 10.8. The molecule has 2 unspecified atom stereocenters. The molecule has 2 atom stereocenters. The molecule has 4 heteroatoms. The molecule has 0 aliphatic carbocycles. The molecule has 16 heavy (non-hydrogen) atoms. The summed E-state index contributed by atoms with van der Waals surface area (Å²) in [5, 5.41) is 3.27. The monoisotopic (exact) mass is 228 g/mol. The average Bonchev–Trinajstić information content (AvgIpc) is 2.57. The van der Waals surface area contributed by atoms with Crippen LogP contribution in [0.2, 0.25) is 0 Å². The number of hydrogen-bond donors (Lipinski definition) is 1. The third-order valence-electron chi connectivity index (χ3n) is 3.14. The topological polar surface area (TPSA) is 41.6 Å². The second kappa shape index (κ2) is 6.21. The lowest BCUT2D eigenvalue weighted by Gasteiger charge is -2.34. The molecule has 0 aromatic carbocycles. The zero-order chi connectivity index (χ0) is 12.1. The molecule has 0 radical (unpaired) electrons. The highest BCUT2D eigenvalue weighted by Gasteiger charge is 2.36. The highest BCUT2D eigenvalue weighted by Crippen LogP contribution is 2.20. The van der Waals surface area contributed by atoms with Crippen LogP contribution in [-0.4, -0.2) is 43.3 Å². The van der Waals surface area contributed by atoms with Gasteiger partial charge in [-0.15, -0.1) is 0 Å². The molecule has 1 rings (SSSR count). The Morgan fingerprint density at radius 2 is 2.25 bits per heavy atom. The Labute approximate surface area is 98.3 Å². The van der Waals surface area contributed by atoms with Gasteiger partial charge in [0.25, 0.3) is 0 Å². The Hall–Kier alpha value is -0.610. The second-order valence-electron chi connectivity index (χ2n) is 4.75. The first-order valence-corrected chi connectivity index (χ1v) is 6.15. The molecule has 1 fully saturated rings. The number of nitrogens with one attached hydrogen (secondary N) is 1. The van der Waals surface area contributed by atoms with E-state index < -0.39 is 0 Å². The molecule has 1 amide bonds. The lowest BCUT2D eigenvalue weighted by Crippen LogP contribution is -2.49. The minimum atomic E-state index is 0.184. The van der Waals surface area contributed by atoms with Crippen LogP contribution in [0, 0.1) is 5.92 Å². The van der Waals surface area contributed by atoms with E-state index in [1.165, 1.54) is 0 Å². The van der Waals surface area contributed by atoms with Crippen molar-refractivity contribution in [3.05, 3.63) is 0 Å². The van der Waals surface area contributed by atoms with Gasteiger partial charge in [0, 0.05) is 7.11 Å². The molecule has 0 spiro atoms. The Morgan fingerprint density at radius 3 is 2.75 bits per heavy atom. The molecule has 4 nitrogen and oxygen atoms in total. The van der Waals surface area contributed by atoms with Crippen LogP contribution in [0.3, 0.4) is 0 Å². The number of nitrogens with zero attached hydrogens (tertiary/aromatic N) is 1. The normalized spacial score (nSPS) is 23.2. The van der Waals surface area contributed by atoms with E-state index in [2.05, 4.69) is 26.1 Å². The maximum Gasteiger partial charge on any atom is 0.238 e. The van der Waals surface area contributed by atoms with E-state index >= 15 is 0 Å². The summed E-state index contributed by atoms with van der Waals surface area (Å²) in [4.78, 5) is 13.9. The van der Waals surface area contributed by atoms with Gasteiger partial charge in [0.1, 0.15) is 0 Å². The molecule has 1 heterocycles. The van der Waals surface area contributed by atoms with Gasteiger partial charge < -0.3 is 9.64 Å². The van der Waals surface area contributed by atoms with E-state index in [0.717, 1.165) is 12.8 Å². The summed E-state index contributed by atoms with van der Waals surface area (Å²) >= 11 is 0. The number of rotatable bonds is 6. The molecule has 1 N–H and O–H groups in total. The van der Waals surface area contributed by atoms with Gasteiger partial charge in [-0.25, -0.2) is 0 Å². The Balaban J connectivity index is 2.74. The highest BCUT2D eigenvalue weighted by atomic mass is 16.5. The number of carbonyl (C=O) groups is 1. The summed E-state index contributed by atoms with van der Waals surface area (Å²) in [6.45, 7) is 7.50. The molecule has 0 bridgehead atoms. The van der Waals surface area contributed by atoms with E-state index in [1.54, 1.807) is 7.11 Å². The van der Waals surface area contributed by atoms with Crippen LogP contribution in [0.1, 0.15) is 33.6 Å². The summed E-state index contributed by atoms with van der Waals surface area (Å²) in [5.41, 5.74) is 0. The molecule has 1 aliphatic rings. The largest absolute Gasteiger partial charge is 0.383 e. The Bertz CT molecular complexity index is 231. The van der Waals surface area contributed by atoms with Gasteiger partial charge in [0.05, 0.1) is 25.4 Å². The van der Waals surface area contributed by atoms with Crippen molar-refractivity contribution in [1.82, 2.24) is 10.2 Å². The molecular formula is C12H24N2O2. The number of ether oxygens (including phenoxy) is 1. The molecule has 0 aromatic rings. The summed E-state index contributed by atoms with van der Waals surface area (Å²) in [7, 11) is 1.69. The maximum absolute atomic E-state index is 11.9. The highest BCUT2D eigenvalue weighted by molar-refractivity contribution is 5.81. The van der Waals surface area contributed by atoms with Gasteiger partial charge in [-0.2, -0.15) is 0 Å². The van der Waals surface area contributed by atoms with Crippen LogP contribution in [0.4, 0.5) is 0 Å². The van der Waals surface area contributed by atoms with E-state index in [0.29, 0.717) is 19.1 Å². The summed E-state index contributed by atoms with van der Waals surface area (Å²) in [6.07, 6.45) is 2.29. The van der Waals surface area contributed by atoms with Crippen LogP contribution < -0.4 is 5.32 Å². The van der Waals surface area contributed by atoms with Crippen LogP contribution in [0.5, 0.6) is 0 Å². The molecule has 0 aromatic heterocycles. The SMILES string of the molecule is CCCC1NCC(=O)N1C(COC)C(C)C. The Kier molecular flexibility index (Phi) is 5.22. The number of amides is 1. The van der Waals surface area contributed by atoms with Crippen molar-refractivity contribution in [2.45, 2.75) is 45.8 Å². The van der Waals surface area contributed by atoms with Gasteiger partial charge in [-0.05, 0) is 12.3 Å². The van der Waals surface area contributed by atoms with Crippen LogP contribution in [-0.2, 0) is 9.53 Å². The second-order valence-corrected chi connectivity index (χ2v) is 4.75. The van der Waals surface area contributed by atoms with Crippen molar-refractivity contribution >= 4 is 5.91 Å². The van der Waals surface area contributed by atoms with Gasteiger partial charge in [-0.3, -0.25) is 10.1 Å². The lowest BCUT2D eigenvalue weighted by atomic mass is 10.0. The first kappa shape index (κ1) is 13.5. The predicted octanol–water partition coefficient (Wildman–Crippen LogP) is 1.22. The van der Waals surface area contributed by atoms with E-state index in [4.69, 9.17) is 4.74 Å². The van der Waals surface area contributed by atoms with Gasteiger partial charge in [-0.1, -0.05) is 27.2 Å². The number of methoxy groups -OCH3 is 1. The van der Waals surface area contributed by atoms with Crippen molar-refractivity contribution in [2.24, 2.45) is 5.92 Å². The first-order chi connectivity index (χ1) is 7.61. The molecule has 94 valence electrons. The quantitative estimate of drug-likeness (QED) is 0.743. The van der Waals surface area contributed by atoms with E-state index in [1.807, 2.05) is 4.90 Å². The summed E-state index contributed by atoms with van der Waals surface area (Å²) < 4.78 is 5.23. The third kappa shape index (κ3) is 2.95. The fourth-order valence-electron chi connectivity index (χ4n) is 2.26. The smallest absolute Gasteiger partial charge is 0.238 e. The maximum atomic E-state index is 11.9. The minimum Gasteiger partial charge on any atom is -0.383 e. The third-order valence-corrected chi connectivity index (χ3v) is 3.14. The fraction of sp³-hybridized carbons (Fsp3) is 0.917. The fourth-order valence-corrected chi connectivity index (χ4v) is 2.26. The standard InChI is InChI=1S/C12H24N2O2/c1-5-6-11-13-7-12(15)14(11)10(8-16-4)9(2)3/h9-11,13H,5-8H2,1-4H3. The number of hydrogen-bond acceptors (Lipinski definition) is 3. The van der Waals surface area contributed by atoms with Crippen LogP contribution in [0.15, 0.2) is 0 Å². The van der Waals surface area contributed by atoms with Crippen molar-refractivity contribution in [2.75, 3.05) is 20.3 Å². The zero-order valence-electron chi connectivity index (χ0n) is 10.8.